The highest BCUT2D eigenvalue weighted by Crippen LogP contribution is 2.57. The second kappa shape index (κ2) is 5.63. The standard InChI is InChI=1S/C18H32N6/c1-2-6-13-11(5-1)12-7-3-8-14-15-9-4-10-19-23(15)24-18(16(12)14)17(13)20-21-22-24/h11-22H,1-10H2. The molecule has 0 radical (unpaired) electrons. The second-order valence-corrected chi connectivity index (χ2v) is 9.15. The average Bonchev–Trinajstić information content (AvgIpc) is 2.67. The van der Waals surface area contributed by atoms with Gasteiger partial charge in [-0.05, 0) is 68.1 Å². The highest BCUT2D eigenvalue weighted by molar-refractivity contribution is 5.11. The summed E-state index contributed by atoms with van der Waals surface area (Å²) in [5.74, 6) is 4.59. The zero-order chi connectivity index (χ0) is 15.7. The Labute approximate surface area is 144 Å². The predicted molar refractivity (Wildman–Crippen MR) is 91.5 cm³/mol. The fourth-order valence-corrected chi connectivity index (χ4v) is 7.73. The third-order valence-corrected chi connectivity index (χ3v) is 8.39. The molecule has 0 aromatic carbocycles. The van der Waals surface area contributed by atoms with Crippen molar-refractivity contribution in [3.8, 4) is 0 Å². The molecule has 24 heavy (non-hydrogen) atoms. The maximum absolute atomic E-state index is 3.71. The Morgan fingerprint density at radius 2 is 1.54 bits per heavy atom. The van der Waals surface area contributed by atoms with Gasteiger partial charge in [0.05, 0.1) is 6.04 Å². The number of hydrogen-bond donors (Lipinski definition) is 4. The van der Waals surface area contributed by atoms with Crippen molar-refractivity contribution in [1.82, 2.24) is 32.2 Å². The molecular weight excluding hydrogens is 300 g/mol. The molecule has 3 aliphatic heterocycles. The highest BCUT2D eigenvalue weighted by Gasteiger charge is 2.62. The van der Waals surface area contributed by atoms with E-state index in [1.807, 2.05) is 0 Å². The van der Waals surface area contributed by atoms with Crippen molar-refractivity contribution in [3.63, 3.8) is 0 Å². The molecule has 6 fully saturated rings. The van der Waals surface area contributed by atoms with Gasteiger partial charge in [-0.2, -0.15) is 16.2 Å². The largest absolute Gasteiger partial charge is 0.240 e. The quantitative estimate of drug-likeness (QED) is 0.537. The van der Waals surface area contributed by atoms with Crippen molar-refractivity contribution in [2.45, 2.75) is 75.9 Å². The summed E-state index contributed by atoms with van der Waals surface area (Å²) >= 11 is 0. The summed E-state index contributed by atoms with van der Waals surface area (Å²) in [4.78, 5) is 0. The lowest BCUT2D eigenvalue weighted by Crippen LogP contribution is -2.85. The molecule has 0 aromatic rings. The molecule has 8 atom stereocenters. The van der Waals surface area contributed by atoms with Gasteiger partial charge >= 0.3 is 0 Å². The van der Waals surface area contributed by atoms with Crippen molar-refractivity contribution in [2.24, 2.45) is 29.6 Å². The van der Waals surface area contributed by atoms with Gasteiger partial charge in [0, 0.05) is 18.6 Å². The van der Waals surface area contributed by atoms with Gasteiger partial charge in [0.25, 0.3) is 0 Å². The molecule has 0 amide bonds. The molecule has 3 heterocycles. The van der Waals surface area contributed by atoms with Crippen molar-refractivity contribution < 1.29 is 0 Å². The molecule has 0 spiro atoms. The SMILES string of the molecule is C1CCC2C(C1)C1CCCC3C1C1C2NNNN1N1NCCCC31. The van der Waals surface area contributed by atoms with Crippen molar-refractivity contribution in [2.75, 3.05) is 6.54 Å². The monoisotopic (exact) mass is 332 g/mol. The Hall–Kier alpha value is -0.240. The normalized spacial score (nSPS) is 54.5. The molecule has 6 nitrogen and oxygen atoms in total. The van der Waals surface area contributed by atoms with Crippen molar-refractivity contribution in [3.05, 3.63) is 0 Å². The Kier molecular flexibility index (Phi) is 3.49. The number of rotatable bonds is 0. The van der Waals surface area contributed by atoms with Gasteiger partial charge in [0.1, 0.15) is 0 Å². The zero-order valence-electron chi connectivity index (χ0n) is 14.6. The maximum Gasteiger partial charge on any atom is 0.0634 e. The van der Waals surface area contributed by atoms with Gasteiger partial charge in [-0.25, -0.2) is 10.9 Å². The van der Waals surface area contributed by atoms with Crippen LogP contribution in [0, 0.1) is 29.6 Å². The van der Waals surface area contributed by atoms with Gasteiger partial charge in [-0.1, -0.05) is 19.3 Å². The molecule has 3 aliphatic carbocycles. The number of nitrogens with zero attached hydrogens (tertiary/aromatic N) is 2. The van der Waals surface area contributed by atoms with E-state index < -0.39 is 0 Å². The van der Waals surface area contributed by atoms with Gasteiger partial charge in [-0.15, -0.1) is 5.12 Å². The van der Waals surface area contributed by atoms with E-state index in [9.17, 15) is 0 Å². The summed E-state index contributed by atoms with van der Waals surface area (Å²) in [6.45, 7) is 1.12. The van der Waals surface area contributed by atoms with E-state index in [4.69, 9.17) is 0 Å². The van der Waals surface area contributed by atoms with Crippen LogP contribution in [0.5, 0.6) is 0 Å². The van der Waals surface area contributed by atoms with Crippen LogP contribution in [-0.4, -0.2) is 34.9 Å². The van der Waals surface area contributed by atoms with E-state index >= 15 is 0 Å². The van der Waals surface area contributed by atoms with Crippen LogP contribution in [-0.2, 0) is 0 Å². The summed E-state index contributed by atoms with van der Waals surface area (Å²) < 4.78 is 0. The average molecular weight is 332 g/mol. The molecule has 3 saturated heterocycles. The Morgan fingerprint density at radius 3 is 2.50 bits per heavy atom. The first kappa shape index (κ1) is 14.9. The summed E-state index contributed by atoms with van der Waals surface area (Å²) in [5.41, 5.74) is 14.2. The molecule has 3 saturated carbocycles. The van der Waals surface area contributed by atoms with Crippen LogP contribution in [0.25, 0.3) is 0 Å². The molecule has 134 valence electrons. The lowest BCUT2D eigenvalue weighted by Gasteiger charge is -2.67. The zero-order valence-corrected chi connectivity index (χ0v) is 14.6. The maximum atomic E-state index is 3.71. The minimum atomic E-state index is 0.600. The fourth-order valence-electron chi connectivity index (χ4n) is 7.73. The van der Waals surface area contributed by atoms with Crippen LogP contribution in [0.4, 0.5) is 0 Å². The number of nitrogens with one attached hydrogen (secondary N) is 4. The van der Waals surface area contributed by atoms with Crippen molar-refractivity contribution in [1.29, 1.82) is 0 Å². The highest BCUT2D eigenvalue weighted by atomic mass is 16.0. The Bertz CT molecular complexity index is 416. The Balaban J connectivity index is 1.44. The van der Waals surface area contributed by atoms with Crippen LogP contribution < -0.4 is 21.9 Å². The van der Waals surface area contributed by atoms with E-state index in [-0.39, 0.29) is 0 Å². The third-order valence-electron chi connectivity index (χ3n) is 8.39. The molecule has 0 bridgehead atoms. The molecule has 0 aromatic heterocycles. The lowest BCUT2D eigenvalue weighted by atomic mass is 9.50. The van der Waals surface area contributed by atoms with Gasteiger partial charge < -0.3 is 0 Å². The first-order chi connectivity index (χ1) is 11.9. The van der Waals surface area contributed by atoms with Crippen molar-refractivity contribution >= 4 is 0 Å². The van der Waals surface area contributed by atoms with Crippen LogP contribution >= 0.6 is 0 Å². The molecule has 6 heteroatoms. The smallest absolute Gasteiger partial charge is 0.0634 e. The summed E-state index contributed by atoms with van der Waals surface area (Å²) in [7, 11) is 0. The van der Waals surface area contributed by atoms with E-state index in [1.54, 1.807) is 0 Å². The minimum Gasteiger partial charge on any atom is -0.240 e. The van der Waals surface area contributed by atoms with Crippen LogP contribution in [0.2, 0.25) is 0 Å². The van der Waals surface area contributed by atoms with E-state index in [0.29, 0.717) is 18.1 Å². The fraction of sp³-hybridized carbons (Fsp3) is 1.00. The Morgan fingerprint density at radius 1 is 0.708 bits per heavy atom. The first-order valence-corrected chi connectivity index (χ1v) is 10.5. The van der Waals surface area contributed by atoms with Crippen LogP contribution in [0.1, 0.15) is 57.8 Å². The van der Waals surface area contributed by atoms with Gasteiger partial charge in [0.2, 0.25) is 0 Å². The number of hydrazine groups is 5. The van der Waals surface area contributed by atoms with E-state index in [1.165, 1.54) is 57.8 Å². The molecule has 4 N–H and O–H groups in total. The molecule has 8 unspecified atom stereocenters. The molecule has 6 aliphatic rings. The first-order valence-electron chi connectivity index (χ1n) is 10.5. The third kappa shape index (κ3) is 1.93. The number of hydrogen-bond acceptors (Lipinski definition) is 6. The minimum absolute atomic E-state index is 0.600. The molecular formula is C18H32N6. The van der Waals surface area contributed by atoms with Crippen LogP contribution in [0.3, 0.4) is 0 Å². The number of fused-ring (bicyclic) bond motifs is 6. The lowest BCUT2D eigenvalue weighted by molar-refractivity contribution is -0.301. The van der Waals surface area contributed by atoms with E-state index in [2.05, 4.69) is 32.2 Å². The summed E-state index contributed by atoms with van der Waals surface area (Å²) in [6, 6.07) is 1.90. The summed E-state index contributed by atoms with van der Waals surface area (Å²) in [6.07, 6.45) is 12.9. The van der Waals surface area contributed by atoms with Gasteiger partial charge in [-0.3, -0.25) is 0 Å². The molecule has 6 rings (SSSR count). The summed E-state index contributed by atoms with van der Waals surface area (Å²) in [5, 5.41) is 4.96. The topological polar surface area (TPSA) is 54.6 Å². The predicted octanol–water partition coefficient (Wildman–Crippen LogP) is 1.30. The second-order valence-electron chi connectivity index (χ2n) is 9.15. The van der Waals surface area contributed by atoms with Gasteiger partial charge in [0.15, 0.2) is 0 Å². The van der Waals surface area contributed by atoms with Crippen LogP contribution in [0.15, 0.2) is 0 Å². The van der Waals surface area contributed by atoms with E-state index in [0.717, 1.165) is 36.1 Å².